The topological polar surface area (TPSA) is 192 Å². The maximum atomic E-state index is 10.6. The van der Waals surface area contributed by atoms with Gasteiger partial charge in [-0.1, -0.05) is 6.58 Å². The van der Waals surface area contributed by atoms with E-state index in [2.05, 4.69) is 22.5 Å². The summed E-state index contributed by atoms with van der Waals surface area (Å²) in [4.78, 5) is 21.3. The molecule has 0 radical (unpaired) electrons. The summed E-state index contributed by atoms with van der Waals surface area (Å²) in [6.07, 6.45) is -4.38. The van der Waals surface area contributed by atoms with Crippen LogP contribution in [0.4, 0.5) is 0 Å². The van der Waals surface area contributed by atoms with Crippen LogP contribution < -0.4 is 16.0 Å². The van der Waals surface area contributed by atoms with Crippen LogP contribution in [-0.4, -0.2) is 98.6 Å². The first-order valence-electron chi connectivity index (χ1n) is 8.19. The Morgan fingerprint density at radius 3 is 1.38 bits per heavy atom. The van der Waals surface area contributed by atoms with Gasteiger partial charge >= 0.3 is 11.9 Å². The molecule has 0 aromatic heterocycles. The number of rotatable bonds is 11. The Morgan fingerprint density at radius 1 is 0.731 bits per heavy atom. The second-order valence-corrected chi connectivity index (χ2v) is 6.19. The van der Waals surface area contributed by atoms with Crippen molar-refractivity contribution < 1.29 is 40.2 Å². The van der Waals surface area contributed by atoms with Crippen molar-refractivity contribution in [2.45, 2.75) is 49.3 Å². The summed E-state index contributed by atoms with van der Waals surface area (Å²) in [7, 11) is 0. The molecule has 0 bridgehead atoms. The summed E-state index contributed by atoms with van der Waals surface area (Å²) >= 11 is 0. The van der Waals surface area contributed by atoms with E-state index in [1.165, 1.54) is 0 Å². The van der Waals surface area contributed by atoms with E-state index in [1.807, 2.05) is 0 Å². The lowest BCUT2D eigenvalue weighted by Gasteiger charge is -2.47. The molecule has 0 aliphatic heterocycles. The Morgan fingerprint density at radius 2 is 1.08 bits per heavy atom. The van der Waals surface area contributed by atoms with Gasteiger partial charge in [0, 0.05) is 13.1 Å². The number of carboxylic acid groups (broad SMARTS) is 2. The van der Waals surface area contributed by atoms with Gasteiger partial charge < -0.3 is 46.6 Å². The Kier molecular flexibility index (Phi) is 8.92. The van der Waals surface area contributed by atoms with Gasteiger partial charge in [-0.2, -0.15) is 0 Å². The van der Waals surface area contributed by atoms with Crippen LogP contribution in [0.15, 0.2) is 12.3 Å². The molecule has 150 valence electrons. The molecule has 11 nitrogen and oxygen atoms in total. The second-order valence-electron chi connectivity index (χ2n) is 6.19. The van der Waals surface area contributed by atoms with Crippen LogP contribution in [0.1, 0.15) is 12.8 Å². The highest BCUT2D eigenvalue weighted by Gasteiger charge is 2.48. The van der Waals surface area contributed by atoms with Crippen molar-refractivity contribution in [1.82, 2.24) is 16.0 Å². The van der Waals surface area contributed by atoms with E-state index in [1.54, 1.807) is 0 Å². The molecule has 0 spiro atoms. The molecule has 0 saturated heterocycles. The van der Waals surface area contributed by atoms with Gasteiger partial charge in [-0.3, -0.25) is 9.59 Å². The van der Waals surface area contributed by atoms with E-state index >= 15 is 0 Å². The van der Waals surface area contributed by atoms with Crippen LogP contribution >= 0.6 is 0 Å². The summed E-state index contributed by atoms with van der Waals surface area (Å²) in [6.45, 7) is 3.14. The molecular weight excluding hydrogens is 350 g/mol. The van der Waals surface area contributed by atoms with Gasteiger partial charge in [0.05, 0.1) is 61.6 Å². The molecule has 1 aliphatic rings. The summed E-state index contributed by atoms with van der Waals surface area (Å²) < 4.78 is 0. The average molecular weight is 377 g/mol. The van der Waals surface area contributed by atoms with Crippen molar-refractivity contribution >= 4 is 11.9 Å². The van der Waals surface area contributed by atoms with Gasteiger partial charge in [0.15, 0.2) is 0 Å². The minimum Gasteiger partial charge on any atom is -0.512 e. The van der Waals surface area contributed by atoms with Gasteiger partial charge in [0.2, 0.25) is 0 Å². The summed E-state index contributed by atoms with van der Waals surface area (Å²) in [5, 5.41) is 66.2. The van der Waals surface area contributed by atoms with Crippen LogP contribution in [-0.2, 0) is 9.59 Å². The second kappa shape index (κ2) is 10.4. The molecule has 11 heteroatoms. The molecule has 0 aromatic rings. The lowest BCUT2D eigenvalue weighted by Crippen LogP contribution is -2.73. The zero-order valence-corrected chi connectivity index (χ0v) is 14.2. The normalized spacial score (nSPS) is 31.5. The Hall–Kier alpha value is -1.76. The van der Waals surface area contributed by atoms with Gasteiger partial charge in [-0.15, -0.1) is 0 Å². The number of carbonyl (C=O) groups is 2. The largest absolute Gasteiger partial charge is 0.512 e. The molecule has 1 aliphatic carbocycles. The molecule has 26 heavy (non-hydrogen) atoms. The molecule has 1 saturated carbocycles. The standard InChI is InChI=1S/C15H27N3O8/c1-7(19)6-18-12-14(25)10(16-4-2-8(20)21)13(24)11(15(12)26)17-5-3-9(22)23/h10-19,24-26H,1-6H2,(H,20,21)(H,22,23). The monoisotopic (exact) mass is 377 g/mol. The zero-order valence-electron chi connectivity index (χ0n) is 14.2. The summed E-state index contributed by atoms with van der Waals surface area (Å²) in [6, 6.07) is -2.94. The zero-order chi connectivity index (χ0) is 19.9. The number of aliphatic hydroxyl groups excluding tert-OH is 4. The molecule has 0 aromatic carbocycles. The molecule has 4 unspecified atom stereocenters. The van der Waals surface area contributed by atoms with Crippen molar-refractivity contribution in [3.8, 4) is 0 Å². The number of aliphatic hydroxyl groups is 4. The molecule has 9 N–H and O–H groups in total. The number of hydrogen-bond acceptors (Lipinski definition) is 9. The van der Waals surface area contributed by atoms with Crippen LogP contribution in [0.3, 0.4) is 0 Å². The molecule has 0 amide bonds. The third-order valence-electron chi connectivity index (χ3n) is 4.19. The smallest absolute Gasteiger partial charge is 0.304 e. The molecule has 1 fully saturated rings. The average Bonchev–Trinajstić information content (AvgIpc) is 2.53. The van der Waals surface area contributed by atoms with Crippen molar-refractivity contribution in [3.05, 3.63) is 12.3 Å². The van der Waals surface area contributed by atoms with Gasteiger partial charge in [0.1, 0.15) is 0 Å². The first-order valence-corrected chi connectivity index (χ1v) is 8.19. The van der Waals surface area contributed by atoms with E-state index < -0.39 is 48.4 Å². The fourth-order valence-corrected chi connectivity index (χ4v) is 2.93. The fourth-order valence-electron chi connectivity index (χ4n) is 2.93. The van der Waals surface area contributed by atoms with E-state index in [4.69, 9.17) is 10.2 Å². The van der Waals surface area contributed by atoms with Crippen LogP contribution in [0.25, 0.3) is 0 Å². The predicted octanol–water partition coefficient (Wildman–Crippen LogP) is -3.02. The van der Waals surface area contributed by atoms with E-state index in [-0.39, 0.29) is 38.2 Å². The third kappa shape index (κ3) is 6.52. The van der Waals surface area contributed by atoms with Gasteiger partial charge in [-0.05, 0) is 0 Å². The maximum absolute atomic E-state index is 10.6. The van der Waals surface area contributed by atoms with Crippen molar-refractivity contribution in [3.63, 3.8) is 0 Å². The summed E-state index contributed by atoms with van der Waals surface area (Å²) in [5.74, 6) is -2.33. The molecular formula is C15H27N3O8. The molecule has 1 rings (SSSR count). The molecule has 4 atom stereocenters. The third-order valence-corrected chi connectivity index (χ3v) is 4.19. The van der Waals surface area contributed by atoms with E-state index in [0.29, 0.717) is 0 Å². The van der Waals surface area contributed by atoms with Gasteiger partial charge in [-0.25, -0.2) is 0 Å². The van der Waals surface area contributed by atoms with E-state index in [0.717, 1.165) is 0 Å². The Balaban J connectivity index is 2.86. The Labute approximate surface area is 150 Å². The van der Waals surface area contributed by atoms with Crippen LogP contribution in [0, 0.1) is 0 Å². The number of carboxylic acids is 2. The highest BCUT2D eigenvalue weighted by atomic mass is 16.4. The lowest BCUT2D eigenvalue weighted by molar-refractivity contribution is -0.137. The first-order chi connectivity index (χ1) is 12.1. The van der Waals surface area contributed by atoms with Crippen LogP contribution in [0.5, 0.6) is 0 Å². The minimum absolute atomic E-state index is 0.0223. The first kappa shape index (κ1) is 22.3. The highest BCUT2D eigenvalue weighted by Crippen LogP contribution is 2.22. The Bertz CT molecular complexity index is 469. The van der Waals surface area contributed by atoms with Crippen molar-refractivity contribution in [1.29, 1.82) is 0 Å². The van der Waals surface area contributed by atoms with Crippen molar-refractivity contribution in [2.24, 2.45) is 0 Å². The number of aliphatic carboxylic acids is 2. The number of nitrogens with one attached hydrogen (secondary N) is 3. The highest BCUT2D eigenvalue weighted by molar-refractivity contribution is 5.67. The molecule has 0 heterocycles. The fraction of sp³-hybridized carbons (Fsp3) is 0.733. The maximum Gasteiger partial charge on any atom is 0.304 e. The predicted molar refractivity (Wildman–Crippen MR) is 89.7 cm³/mol. The lowest BCUT2D eigenvalue weighted by atomic mass is 9.79. The summed E-state index contributed by atoms with van der Waals surface area (Å²) in [5.41, 5.74) is 0. The SMILES string of the molecule is C=C(O)CNC1C(O)C(NCCC(=O)O)C(O)C(NCCC(=O)O)C1O. The minimum atomic E-state index is -1.31. The van der Waals surface area contributed by atoms with Crippen molar-refractivity contribution in [2.75, 3.05) is 19.6 Å². The quantitative estimate of drug-likeness (QED) is 0.166. The van der Waals surface area contributed by atoms with Crippen LogP contribution in [0.2, 0.25) is 0 Å². The number of hydrogen-bond donors (Lipinski definition) is 9. The van der Waals surface area contributed by atoms with E-state index in [9.17, 15) is 30.0 Å². The van der Waals surface area contributed by atoms with Gasteiger partial charge in [0.25, 0.3) is 0 Å².